The summed E-state index contributed by atoms with van der Waals surface area (Å²) in [6, 6.07) is 4.31. The van der Waals surface area contributed by atoms with Crippen LogP contribution < -0.4 is 10.1 Å². The van der Waals surface area contributed by atoms with Crippen LogP contribution in [0.5, 0.6) is 5.75 Å². The number of benzene rings is 1. The summed E-state index contributed by atoms with van der Waals surface area (Å²) < 4.78 is 5.21. The number of anilines is 1. The van der Waals surface area contributed by atoms with Gasteiger partial charge in [-0.3, -0.25) is 15.0 Å². The van der Waals surface area contributed by atoms with Gasteiger partial charge in [0.05, 0.1) is 17.7 Å². The zero-order valence-electron chi connectivity index (χ0n) is 15.9. The lowest BCUT2D eigenvalue weighted by atomic mass is 10.2. The van der Waals surface area contributed by atoms with E-state index in [9.17, 15) is 14.9 Å². The predicted octanol–water partition coefficient (Wildman–Crippen LogP) is 1.85. The summed E-state index contributed by atoms with van der Waals surface area (Å²) in [7, 11) is 1.47. The fourth-order valence-corrected chi connectivity index (χ4v) is 3.77. The second kappa shape index (κ2) is 8.53. The number of hydrogen-bond donors (Lipinski definition) is 1. The number of non-ortho nitro benzene ring substituents is 1. The number of ether oxygens (including phenoxy) is 1. The van der Waals surface area contributed by atoms with E-state index in [1.54, 1.807) is 4.90 Å². The van der Waals surface area contributed by atoms with Gasteiger partial charge in [0.15, 0.2) is 0 Å². The molecule has 2 heterocycles. The second-order valence-corrected chi connectivity index (χ2v) is 6.93. The number of nitro groups is 1. The Kier molecular flexibility index (Phi) is 6.12. The number of methoxy groups -OCH3 is 1. The van der Waals surface area contributed by atoms with Gasteiger partial charge < -0.3 is 19.9 Å². The van der Waals surface area contributed by atoms with Gasteiger partial charge in [0.2, 0.25) is 0 Å². The molecule has 0 aliphatic carbocycles. The van der Waals surface area contributed by atoms with E-state index >= 15 is 0 Å². The van der Waals surface area contributed by atoms with Gasteiger partial charge in [0.25, 0.3) is 5.69 Å². The van der Waals surface area contributed by atoms with Gasteiger partial charge in [0.1, 0.15) is 5.75 Å². The second-order valence-electron chi connectivity index (χ2n) is 6.93. The number of likely N-dealkylation sites (tertiary alicyclic amines) is 1. The molecule has 2 aliphatic rings. The Hall–Kier alpha value is -2.39. The molecule has 9 heteroatoms. The van der Waals surface area contributed by atoms with Crippen LogP contribution >= 0.6 is 0 Å². The van der Waals surface area contributed by atoms with Crippen molar-refractivity contribution in [3.05, 3.63) is 28.3 Å². The van der Waals surface area contributed by atoms with Gasteiger partial charge in [-0.15, -0.1) is 0 Å². The molecule has 1 aromatic rings. The van der Waals surface area contributed by atoms with Gasteiger partial charge in [0, 0.05) is 57.4 Å². The number of nitrogens with one attached hydrogen (secondary N) is 1. The van der Waals surface area contributed by atoms with Crippen molar-refractivity contribution in [2.45, 2.75) is 19.4 Å². The smallest absolute Gasteiger partial charge is 0.322 e. The molecule has 2 amide bonds. The molecule has 0 radical (unpaired) electrons. The number of piperazine rings is 1. The van der Waals surface area contributed by atoms with E-state index in [1.807, 2.05) is 0 Å². The van der Waals surface area contributed by atoms with E-state index in [-0.39, 0.29) is 11.7 Å². The molecule has 0 aromatic heterocycles. The Bertz CT molecular complexity index is 690. The van der Waals surface area contributed by atoms with Crippen molar-refractivity contribution in [1.29, 1.82) is 0 Å². The van der Waals surface area contributed by atoms with Crippen LogP contribution in [0, 0.1) is 10.1 Å². The SMILES string of the molecule is CCN1CCN([C@H]2CCN(C(=O)Nc3cc([N+](=O)[O-])ccc3OC)C2)CC1. The number of nitro benzene ring substituents is 1. The highest BCUT2D eigenvalue weighted by molar-refractivity contribution is 5.91. The average molecular weight is 377 g/mol. The van der Waals surface area contributed by atoms with Gasteiger partial charge in [-0.05, 0) is 19.0 Å². The summed E-state index contributed by atoms with van der Waals surface area (Å²) in [5.74, 6) is 0.403. The molecule has 2 fully saturated rings. The van der Waals surface area contributed by atoms with Crippen LogP contribution in [0.25, 0.3) is 0 Å². The topological polar surface area (TPSA) is 91.2 Å². The molecule has 0 unspecified atom stereocenters. The number of hydrogen-bond acceptors (Lipinski definition) is 6. The van der Waals surface area contributed by atoms with Crippen molar-refractivity contribution in [3.63, 3.8) is 0 Å². The van der Waals surface area contributed by atoms with Crippen LogP contribution in [0.15, 0.2) is 18.2 Å². The predicted molar refractivity (Wildman–Crippen MR) is 102 cm³/mol. The van der Waals surface area contributed by atoms with Crippen molar-refractivity contribution in [2.24, 2.45) is 0 Å². The number of rotatable bonds is 5. The highest BCUT2D eigenvalue weighted by Crippen LogP contribution is 2.29. The number of carbonyl (C=O) groups excluding carboxylic acids is 1. The highest BCUT2D eigenvalue weighted by Gasteiger charge is 2.32. The molecular formula is C18H27N5O4. The Morgan fingerprint density at radius 2 is 2.04 bits per heavy atom. The first-order valence-electron chi connectivity index (χ1n) is 9.36. The summed E-state index contributed by atoms with van der Waals surface area (Å²) in [5, 5.41) is 13.8. The number of likely N-dealkylation sites (N-methyl/N-ethyl adjacent to an activating group) is 1. The maximum absolute atomic E-state index is 12.7. The third-order valence-electron chi connectivity index (χ3n) is 5.46. The molecule has 0 spiro atoms. The van der Waals surface area contributed by atoms with Crippen molar-refractivity contribution >= 4 is 17.4 Å². The normalized spacial score (nSPS) is 21.3. The molecule has 9 nitrogen and oxygen atoms in total. The molecular weight excluding hydrogens is 350 g/mol. The minimum atomic E-state index is -0.489. The Labute approximate surface area is 159 Å². The minimum absolute atomic E-state index is 0.0841. The van der Waals surface area contributed by atoms with Crippen molar-refractivity contribution in [1.82, 2.24) is 14.7 Å². The van der Waals surface area contributed by atoms with E-state index in [0.29, 0.717) is 30.6 Å². The highest BCUT2D eigenvalue weighted by atomic mass is 16.6. The quantitative estimate of drug-likeness (QED) is 0.622. The Morgan fingerprint density at radius 1 is 1.30 bits per heavy atom. The van der Waals surface area contributed by atoms with E-state index in [1.165, 1.54) is 25.3 Å². The number of carbonyl (C=O) groups is 1. The van der Waals surface area contributed by atoms with Crippen LogP contribution in [0.2, 0.25) is 0 Å². The fourth-order valence-electron chi connectivity index (χ4n) is 3.77. The van der Waals surface area contributed by atoms with Crippen LogP contribution in [0.3, 0.4) is 0 Å². The maximum atomic E-state index is 12.7. The van der Waals surface area contributed by atoms with Crippen molar-refractivity contribution in [2.75, 3.05) is 58.2 Å². The minimum Gasteiger partial charge on any atom is -0.495 e. The zero-order valence-corrected chi connectivity index (χ0v) is 15.9. The van der Waals surface area contributed by atoms with E-state index in [4.69, 9.17) is 4.74 Å². The molecule has 27 heavy (non-hydrogen) atoms. The maximum Gasteiger partial charge on any atom is 0.322 e. The first kappa shape index (κ1) is 19.4. The first-order chi connectivity index (χ1) is 13.0. The molecule has 0 saturated carbocycles. The van der Waals surface area contributed by atoms with Crippen LogP contribution in [-0.2, 0) is 0 Å². The number of nitrogens with zero attached hydrogens (tertiary/aromatic N) is 4. The summed E-state index contributed by atoms with van der Waals surface area (Å²) in [6.45, 7) is 8.84. The standard InChI is InChI=1S/C18H27N5O4/c1-3-20-8-10-21(11-9-20)15-6-7-22(13-15)18(24)19-16-12-14(23(25)26)4-5-17(16)27-2/h4-5,12,15H,3,6-11,13H2,1-2H3,(H,19,24)/t15-/m0/s1. The largest absolute Gasteiger partial charge is 0.495 e. The lowest BCUT2D eigenvalue weighted by molar-refractivity contribution is -0.384. The monoisotopic (exact) mass is 377 g/mol. The first-order valence-corrected chi connectivity index (χ1v) is 9.36. The molecule has 3 rings (SSSR count). The van der Waals surface area contributed by atoms with Crippen molar-refractivity contribution < 1.29 is 14.5 Å². The van der Waals surface area contributed by atoms with Crippen LogP contribution in [-0.4, -0.2) is 84.6 Å². The molecule has 1 atom stereocenters. The summed E-state index contributed by atoms with van der Waals surface area (Å²) >= 11 is 0. The Morgan fingerprint density at radius 3 is 2.67 bits per heavy atom. The molecule has 2 aliphatic heterocycles. The summed E-state index contributed by atoms with van der Waals surface area (Å²) in [5.41, 5.74) is 0.232. The van der Waals surface area contributed by atoms with Gasteiger partial charge in [-0.25, -0.2) is 4.79 Å². The molecule has 2 saturated heterocycles. The third kappa shape index (κ3) is 4.48. The average Bonchev–Trinajstić information content (AvgIpc) is 3.18. The van der Waals surface area contributed by atoms with E-state index in [2.05, 4.69) is 22.0 Å². The lowest BCUT2D eigenvalue weighted by Crippen LogP contribution is -2.51. The third-order valence-corrected chi connectivity index (χ3v) is 5.46. The molecule has 1 N–H and O–H groups in total. The summed E-state index contributed by atoms with van der Waals surface area (Å²) in [6.07, 6.45) is 0.950. The number of urea groups is 1. The van der Waals surface area contributed by atoms with Gasteiger partial charge in [-0.1, -0.05) is 6.92 Å². The van der Waals surface area contributed by atoms with Crippen LogP contribution in [0.1, 0.15) is 13.3 Å². The lowest BCUT2D eigenvalue weighted by Gasteiger charge is -2.37. The zero-order chi connectivity index (χ0) is 19.4. The Balaban J connectivity index is 1.59. The number of amides is 2. The van der Waals surface area contributed by atoms with E-state index in [0.717, 1.165) is 39.1 Å². The van der Waals surface area contributed by atoms with Crippen molar-refractivity contribution in [3.8, 4) is 5.75 Å². The molecule has 148 valence electrons. The summed E-state index contributed by atoms with van der Waals surface area (Å²) in [4.78, 5) is 29.8. The van der Waals surface area contributed by atoms with Crippen LogP contribution in [0.4, 0.5) is 16.2 Å². The molecule has 0 bridgehead atoms. The van der Waals surface area contributed by atoms with E-state index < -0.39 is 4.92 Å². The molecule has 1 aromatic carbocycles. The fraction of sp³-hybridized carbons (Fsp3) is 0.611. The van der Waals surface area contributed by atoms with Gasteiger partial charge in [-0.2, -0.15) is 0 Å². The van der Waals surface area contributed by atoms with Gasteiger partial charge >= 0.3 is 6.03 Å².